The van der Waals surface area contributed by atoms with Crippen LogP contribution < -0.4 is 10.6 Å². The fourth-order valence-corrected chi connectivity index (χ4v) is 3.02. The van der Waals surface area contributed by atoms with E-state index in [4.69, 9.17) is 0 Å². The van der Waals surface area contributed by atoms with E-state index in [0.29, 0.717) is 17.7 Å². The first-order valence-corrected chi connectivity index (χ1v) is 6.90. The third-order valence-corrected chi connectivity index (χ3v) is 4.12. The number of carbonyl (C=O) groups excluding carboxylic acids is 1. The van der Waals surface area contributed by atoms with Crippen LogP contribution in [0.1, 0.15) is 33.1 Å². The zero-order valence-corrected chi connectivity index (χ0v) is 10.5. The molecule has 1 aliphatic heterocycles. The summed E-state index contributed by atoms with van der Waals surface area (Å²) in [5.74, 6) is 1.44. The molecule has 15 heavy (non-hydrogen) atoms. The van der Waals surface area contributed by atoms with Crippen LogP contribution in [0.3, 0.4) is 0 Å². The van der Waals surface area contributed by atoms with E-state index < -0.39 is 0 Å². The van der Waals surface area contributed by atoms with Crippen molar-refractivity contribution in [1.82, 2.24) is 10.6 Å². The summed E-state index contributed by atoms with van der Waals surface area (Å²) in [4.78, 5) is 11.2. The van der Waals surface area contributed by atoms with Gasteiger partial charge in [0.25, 0.3) is 0 Å². The molecule has 1 aliphatic rings. The molecule has 1 fully saturated rings. The Morgan fingerprint density at radius 2 is 2.33 bits per heavy atom. The molecule has 0 saturated carbocycles. The largest absolute Gasteiger partial charge is 0.356 e. The average molecular weight is 230 g/mol. The van der Waals surface area contributed by atoms with Crippen molar-refractivity contribution in [3.05, 3.63) is 0 Å². The molecule has 0 bridgehead atoms. The van der Waals surface area contributed by atoms with Gasteiger partial charge >= 0.3 is 0 Å². The summed E-state index contributed by atoms with van der Waals surface area (Å²) in [7, 11) is 0. The molecule has 2 atom stereocenters. The van der Waals surface area contributed by atoms with E-state index in [1.807, 2.05) is 18.7 Å². The van der Waals surface area contributed by atoms with Gasteiger partial charge in [0, 0.05) is 30.8 Å². The maximum atomic E-state index is 11.2. The molecular weight excluding hydrogens is 208 g/mol. The van der Waals surface area contributed by atoms with Crippen LogP contribution in [0.4, 0.5) is 0 Å². The summed E-state index contributed by atoms with van der Waals surface area (Å²) in [6.45, 7) is 5.76. The Morgan fingerprint density at radius 3 is 3.00 bits per heavy atom. The highest BCUT2D eigenvalue weighted by atomic mass is 32.2. The monoisotopic (exact) mass is 230 g/mol. The summed E-state index contributed by atoms with van der Waals surface area (Å²) in [5, 5.41) is 6.98. The highest BCUT2D eigenvalue weighted by molar-refractivity contribution is 7.99. The minimum atomic E-state index is 0.154. The number of nitrogens with one attached hydrogen (secondary N) is 2. The van der Waals surface area contributed by atoms with Crippen LogP contribution in [-0.4, -0.2) is 36.0 Å². The Labute approximate surface area is 96.8 Å². The number of hydrogen-bond acceptors (Lipinski definition) is 3. The molecule has 0 radical (unpaired) electrons. The van der Waals surface area contributed by atoms with Gasteiger partial charge in [-0.25, -0.2) is 0 Å². The molecule has 1 saturated heterocycles. The summed E-state index contributed by atoms with van der Waals surface area (Å²) < 4.78 is 0. The molecule has 0 aromatic heterocycles. The first kappa shape index (κ1) is 12.8. The fourth-order valence-electron chi connectivity index (χ4n) is 1.85. The van der Waals surface area contributed by atoms with Gasteiger partial charge < -0.3 is 10.6 Å². The number of carbonyl (C=O) groups is 1. The first-order valence-electron chi connectivity index (χ1n) is 5.85. The lowest BCUT2D eigenvalue weighted by Crippen LogP contribution is -2.41. The van der Waals surface area contributed by atoms with E-state index >= 15 is 0 Å². The molecular formula is C11H22N2OS. The van der Waals surface area contributed by atoms with Crippen LogP contribution in [-0.2, 0) is 4.79 Å². The molecule has 1 amide bonds. The Balaban J connectivity index is 2.10. The third kappa shape index (κ3) is 4.89. The lowest BCUT2D eigenvalue weighted by Gasteiger charge is -2.29. The maximum Gasteiger partial charge on any atom is 0.221 e. The normalized spacial score (nSPS) is 26.3. The second-order valence-corrected chi connectivity index (χ2v) is 5.47. The molecule has 1 rings (SSSR count). The third-order valence-electron chi connectivity index (χ3n) is 2.74. The second kappa shape index (κ2) is 7.12. The lowest BCUT2D eigenvalue weighted by molar-refractivity contribution is -0.120. The van der Waals surface area contributed by atoms with Gasteiger partial charge in [0.1, 0.15) is 0 Å². The standard InChI is InChI=1S/C11H22N2OS/c1-3-12-11(14)6-7-13-10-5-4-8-15-9(10)2/h9-10,13H,3-8H2,1-2H3,(H,12,14). The van der Waals surface area contributed by atoms with Gasteiger partial charge in [-0.05, 0) is 25.5 Å². The SMILES string of the molecule is CCNC(=O)CCNC1CCCSC1C. The zero-order chi connectivity index (χ0) is 11.1. The van der Waals surface area contributed by atoms with Crippen LogP contribution in [0.25, 0.3) is 0 Å². The van der Waals surface area contributed by atoms with Gasteiger partial charge in [-0.3, -0.25) is 4.79 Å². The number of hydrogen-bond donors (Lipinski definition) is 2. The van der Waals surface area contributed by atoms with Crippen LogP contribution >= 0.6 is 11.8 Å². The zero-order valence-electron chi connectivity index (χ0n) is 9.71. The van der Waals surface area contributed by atoms with Gasteiger partial charge in [0.15, 0.2) is 0 Å². The van der Waals surface area contributed by atoms with Crippen LogP contribution in [0.15, 0.2) is 0 Å². The summed E-state index contributed by atoms with van der Waals surface area (Å²) in [5.41, 5.74) is 0. The summed E-state index contributed by atoms with van der Waals surface area (Å²) >= 11 is 2.03. The van der Waals surface area contributed by atoms with E-state index in [-0.39, 0.29) is 5.91 Å². The van der Waals surface area contributed by atoms with Crippen molar-refractivity contribution in [2.75, 3.05) is 18.8 Å². The van der Waals surface area contributed by atoms with E-state index in [2.05, 4.69) is 17.6 Å². The Kier molecular flexibility index (Phi) is 6.10. The molecule has 3 nitrogen and oxygen atoms in total. The molecule has 1 heterocycles. The molecule has 2 unspecified atom stereocenters. The molecule has 0 spiro atoms. The van der Waals surface area contributed by atoms with Crippen molar-refractivity contribution in [2.24, 2.45) is 0 Å². The average Bonchev–Trinajstić information content (AvgIpc) is 2.21. The van der Waals surface area contributed by atoms with Crippen LogP contribution in [0, 0.1) is 0 Å². The second-order valence-electron chi connectivity index (χ2n) is 3.98. The predicted molar refractivity (Wildman–Crippen MR) is 66.2 cm³/mol. The van der Waals surface area contributed by atoms with Gasteiger partial charge in [0.2, 0.25) is 5.91 Å². The quantitative estimate of drug-likeness (QED) is 0.750. The van der Waals surface area contributed by atoms with E-state index in [1.54, 1.807) is 0 Å². The number of amides is 1. The van der Waals surface area contributed by atoms with Crippen LogP contribution in [0.5, 0.6) is 0 Å². The first-order chi connectivity index (χ1) is 7.24. The van der Waals surface area contributed by atoms with Gasteiger partial charge in [-0.1, -0.05) is 6.92 Å². The summed E-state index contributed by atoms with van der Waals surface area (Å²) in [6, 6.07) is 0.596. The molecule has 0 aromatic carbocycles. The maximum absolute atomic E-state index is 11.2. The smallest absolute Gasteiger partial charge is 0.221 e. The fraction of sp³-hybridized carbons (Fsp3) is 0.909. The van der Waals surface area contributed by atoms with E-state index in [0.717, 1.165) is 13.1 Å². The Morgan fingerprint density at radius 1 is 1.53 bits per heavy atom. The Bertz CT molecular complexity index is 199. The number of rotatable bonds is 5. The van der Waals surface area contributed by atoms with Gasteiger partial charge in [0.05, 0.1) is 0 Å². The highest BCUT2D eigenvalue weighted by Gasteiger charge is 2.20. The van der Waals surface area contributed by atoms with Crippen molar-refractivity contribution >= 4 is 17.7 Å². The van der Waals surface area contributed by atoms with E-state index in [1.165, 1.54) is 18.6 Å². The van der Waals surface area contributed by atoms with Gasteiger partial charge in [-0.15, -0.1) is 0 Å². The lowest BCUT2D eigenvalue weighted by atomic mass is 10.1. The minimum Gasteiger partial charge on any atom is -0.356 e. The Hall–Kier alpha value is -0.220. The van der Waals surface area contributed by atoms with Crippen LogP contribution in [0.2, 0.25) is 0 Å². The van der Waals surface area contributed by atoms with Crippen molar-refractivity contribution in [2.45, 2.75) is 44.4 Å². The topological polar surface area (TPSA) is 41.1 Å². The minimum absolute atomic E-state index is 0.154. The van der Waals surface area contributed by atoms with Gasteiger partial charge in [-0.2, -0.15) is 11.8 Å². The van der Waals surface area contributed by atoms with Crippen molar-refractivity contribution in [3.8, 4) is 0 Å². The highest BCUT2D eigenvalue weighted by Crippen LogP contribution is 2.24. The van der Waals surface area contributed by atoms with E-state index in [9.17, 15) is 4.79 Å². The van der Waals surface area contributed by atoms with Crippen molar-refractivity contribution in [3.63, 3.8) is 0 Å². The number of thioether (sulfide) groups is 1. The molecule has 4 heteroatoms. The van der Waals surface area contributed by atoms with Crippen molar-refractivity contribution in [1.29, 1.82) is 0 Å². The molecule has 0 aromatic rings. The predicted octanol–water partition coefficient (Wildman–Crippen LogP) is 1.39. The molecule has 88 valence electrons. The molecule has 0 aliphatic carbocycles. The molecule has 2 N–H and O–H groups in total. The summed E-state index contributed by atoms with van der Waals surface area (Å²) in [6.07, 6.45) is 3.15. The van der Waals surface area contributed by atoms with Crippen molar-refractivity contribution < 1.29 is 4.79 Å².